The molecule has 0 fully saturated rings. The lowest BCUT2D eigenvalue weighted by atomic mass is 10.1. The lowest BCUT2D eigenvalue weighted by Crippen LogP contribution is -2.13. The van der Waals surface area contributed by atoms with E-state index in [1.54, 1.807) is 42.9 Å². The summed E-state index contributed by atoms with van der Waals surface area (Å²) in [5, 5.41) is 9.84. The molecule has 2 heterocycles. The number of H-pyrrole nitrogens is 1. The predicted molar refractivity (Wildman–Crippen MR) is 80.2 cm³/mol. The van der Waals surface area contributed by atoms with Crippen LogP contribution in [0.2, 0.25) is 0 Å². The summed E-state index contributed by atoms with van der Waals surface area (Å²) in [6, 6.07) is 10.4. The second kappa shape index (κ2) is 5.28. The monoisotopic (exact) mass is 281 g/mol. The number of nitrogens with zero attached hydrogens (tertiary/aromatic N) is 2. The van der Waals surface area contributed by atoms with E-state index in [2.05, 4.69) is 9.97 Å². The van der Waals surface area contributed by atoms with E-state index in [-0.39, 0.29) is 11.3 Å². The van der Waals surface area contributed by atoms with Gasteiger partial charge in [0.05, 0.1) is 18.4 Å². The Morgan fingerprint density at radius 1 is 1.19 bits per heavy atom. The van der Waals surface area contributed by atoms with Crippen molar-refractivity contribution < 1.29 is 5.11 Å². The first-order valence-electron chi connectivity index (χ1n) is 6.62. The molecule has 2 N–H and O–H groups in total. The number of aromatic hydroxyl groups is 1. The Labute approximate surface area is 121 Å². The number of benzene rings is 1. The van der Waals surface area contributed by atoms with Gasteiger partial charge in [0.1, 0.15) is 5.75 Å². The average molecular weight is 281 g/mol. The van der Waals surface area contributed by atoms with Crippen LogP contribution in [0.25, 0.3) is 11.1 Å². The second-order valence-corrected chi connectivity index (χ2v) is 4.91. The Balaban J connectivity index is 1.96. The molecule has 0 atom stereocenters. The number of aryl methyl sites for hydroxylation is 1. The first kappa shape index (κ1) is 13.2. The Hall–Kier alpha value is -2.82. The molecular formula is C16H15N3O2. The van der Waals surface area contributed by atoms with Crippen LogP contribution in [0.5, 0.6) is 5.75 Å². The fourth-order valence-electron chi connectivity index (χ4n) is 2.26. The smallest absolute Gasteiger partial charge is 0.256 e. The molecular weight excluding hydrogens is 266 g/mol. The summed E-state index contributed by atoms with van der Waals surface area (Å²) in [6.45, 7) is 2.52. The fourth-order valence-corrected chi connectivity index (χ4v) is 2.26. The summed E-state index contributed by atoms with van der Waals surface area (Å²) in [4.78, 5) is 19.1. The van der Waals surface area contributed by atoms with Crippen molar-refractivity contribution in [1.29, 1.82) is 0 Å². The topological polar surface area (TPSA) is 70.9 Å². The molecule has 106 valence electrons. The van der Waals surface area contributed by atoms with E-state index in [0.717, 1.165) is 11.4 Å². The normalized spacial score (nSPS) is 10.7. The van der Waals surface area contributed by atoms with Gasteiger partial charge >= 0.3 is 0 Å². The lowest BCUT2D eigenvalue weighted by molar-refractivity contribution is 0.477. The van der Waals surface area contributed by atoms with Crippen molar-refractivity contribution in [2.45, 2.75) is 13.5 Å². The summed E-state index contributed by atoms with van der Waals surface area (Å²) >= 11 is 0. The molecule has 0 saturated carbocycles. The zero-order chi connectivity index (χ0) is 14.8. The number of aromatic nitrogens is 3. The molecule has 2 aromatic heterocycles. The third-order valence-electron chi connectivity index (χ3n) is 3.43. The molecule has 0 radical (unpaired) electrons. The zero-order valence-electron chi connectivity index (χ0n) is 11.6. The Morgan fingerprint density at radius 3 is 2.67 bits per heavy atom. The van der Waals surface area contributed by atoms with E-state index in [0.29, 0.717) is 17.7 Å². The largest absolute Gasteiger partial charge is 0.507 e. The number of phenols is 1. The van der Waals surface area contributed by atoms with Crippen molar-refractivity contribution in [2.24, 2.45) is 0 Å². The van der Waals surface area contributed by atoms with Gasteiger partial charge in [-0.15, -0.1) is 0 Å². The van der Waals surface area contributed by atoms with Crippen LogP contribution in [-0.4, -0.2) is 19.6 Å². The molecule has 5 heteroatoms. The van der Waals surface area contributed by atoms with Crippen molar-refractivity contribution >= 4 is 0 Å². The van der Waals surface area contributed by atoms with Crippen LogP contribution < -0.4 is 5.56 Å². The highest BCUT2D eigenvalue weighted by Gasteiger charge is 2.08. The number of rotatable bonds is 3. The molecule has 0 aliphatic rings. The molecule has 5 nitrogen and oxygen atoms in total. The number of hydrogen-bond donors (Lipinski definition) is 2. The van der Waals surface area contributed by atoms with Gasteiger partial charge in [-0.2, -0.15) is 0 Å². The van der Waals surface area contributed by atoms with Gasteiger partial charge in [0, 0.05) is 23.1 Å². The maximum Gasteiger partial charge on any atom is 0.256 e. The van der Waals surface area contributed by atoms with Crippen LogP contribution in [0, 0.1) is 6.92 Å². The minimum absolute atomic E-state index is 0.0983. The van der Waals surface area contributed by atoms with Gasteiger partial charge in [-0.3, -0.25) is 4.79 Å². The van der Waals surface area contributed by atoms with Crippen molar-refractivity contribution in [2.75, 3.05) is 0 Å². The van der Waals surface area contributed by atoms with Crippen molar-refractivity contribution in [3.05, 3.63) is 70.7 Å². The van der Waals surface area contributed by atoms with Crippen molar-refractivity contribution in [1.82, 2.24) is 14.5 Å². The van der Waals surface area contributed by atoms with E-state index in [1.807, 2.05) is 17.6 Å². The molecule has 0 spiro atoms. The number of pyridine rings is 1. The van der Waals surface area contributed by atoms with Gasteiger partial charge in [-0.05, 0) is 25.1 Å². The highest BCUT2D eigenvalue weighted by Crippen LogP contribution is 2.25. The van der Waals surface area contributed by atoms with Gasteiger partial charge in [-0.1, -0.05) is 18.2 Å². The van der Waals surface area contributed by atoms with Crippen LogP contribution in [0.1, 0.15) is 11.4 Å². The van der Waals surface area contributed by atoms with Gasteiger partial charge < -0.3 is 14.7 Å². The SMILES string of the molecule is Cc1cncn1Cc1ccc(-c2ccccc2O)c(=O)[nH]1. The molecule has 3 rings (SSSR count). The number of imidazole rings is 1. The van der Waals surface area contributed by atoms with E-state index in [9.17, 15) is 9.90 Å². The van der Waals surface area contributed by atoms with Crippen LogP contribution in [-0.2, 0) is 6.54 Å². The van der Waals surface area contributed by atoms with Crippen LogP contribution in [0.4, 0.5) is 0 Å². The Bertz CT molecular complexity index is 833. The lowest BCUT2D eigenvalue weighted by Gasteiger charge is -2.07. The highest BCUT2D eigenvalue weighted by atomic mass is 16.3. The quantitative estimate of drug-likeness (QED) is 0.774. The molecule has 21 heavy (non-hydrogen) atoms. The second-order valence-electron chi connectivity index (χ2n) is 4.91. The fraction of sp³-hybridized carbons (Fsp3) is 0.125. The van der Waals surface area contributed by atoms with E-state index in [1.165, 1.54) is 0 Å². The minimum atomic E-state index is -0.216. The van der Waals surface area contributed by atoms with Gasteiger partial charge in [0.2, 0.25) is 0 Å². The van der Waals surface area contributed by atoms with E-state index < -0.39 is 0 Å². The summed E-state index contributed by atoms with van der Waals surface area (Å²) < 4.78 is 1.95. The standard InChI is InChI=1S/C16H15N3O2/c1-11-8-17-10-19(11)9-12-6-7-14(16(21)18-12)13-4-2-3-5-15(13)20/h2-8,10,20H,9H2,1H3,(H,18,21). The maximum absolute atomic E-state index is 12.2. The summed E-state index contributed by atoms with van der Waals surface area (Å²) in [7, 11) is 0. The molecule has 0 unspecified atom stereocenters. The van der Waals surface area contributed by atoms with Crippen LogP contribution >= 0.6 is 0 Å². The molecule has 0 bridgehead atoms. The average Bonchev–Trinajstić information content (AvgIpc) is 2.86. The molecule has 0 amide bonds. The van der Waals surface area contributed by atoms with Gasteiger partial charge in [0.25, 0.3) is 5.56 Å². The first-order chi connectivity index (χ1) is 10.1. The van der Waals surface area contributed by atoms with Crippen molar-refractivity contribution in [3.63, 3.8) is 0 Å². The molecule has 1 aromatic carbocycles. The molecule has 0 aliphatic heterocycles. The first-order valence-corrected chi connectivity index (χ1v) is 6.62. The highest BCUT2D eigenvalue weighted by molar-refractivity contribution is 5.69. The number of nitrogens with one attached hydrogen (secondary N) is 1. The summed E-state index contributed by atoms with van der Waals surface area (Å²) in [5.74, 6) is 0.0983. The minimum Gasteiger partial charge on any atom is -0.507 e. The number of aromatic amines is 1. The zero-order valence-corrected chi connectivity index (χ0v) is 11.6. The number of hydrogen-bond acceptors (Lipinski definition) is 3. The van der Waals surface area contributed by atoms with Crippen molar-refractivity contribution in [3.8, 4) is 16.9 Å². The molecule has 3 aromatic rings. The summed E-state index contributed by atoms with van der Waals surface area (Å²) in [5.41, 5.74) is 2.59. The van der Waals surface area contributed by atoms with E-state index >= 15 is 0 Å². The number of phenolic OH excluding ortho intramolecular Hbond substituents is 1. The van der Waals surface area contributed by atoms with Gasteiger partial charge in [0.15, 0.2) is 0 Å². The Morgan fingerprint density at radius 2 is 2.00 bits per heavy atom. The predicted octanol–water partition coefficient (Wildman–Crippen LogP) is 2.30. The third kappa shape index (κ3) is 2.58. The molecule has 0 saturated heterocycles. The third-order valence-corrected chi connectivity index (χ3v) is 3.43. The molecule has 0 aliphatic carbocycles. The number of para-hydroxylation sites is 1. The van der Waals surface area contributed by atoms with Crippen LogP contribution in [0.3, 0.4) is 0 Å². The summed E-state index contributed by atoms with van der Waals surface area (Å²) in [6.07, 6.45) is 3.50. The maximum atomic E-state index is 12.2. The van der Waals surface area contributed by atoms with E-state index in [4.69, 9.17) is 0 Å². The van der Waals surface area contributed by atoms with Crippen LogP contribution in [0.15, 0.2) is 53.7 Å². The Kier molecular flexibility index (Phi) is 3.31. The van der Waals surface area contributed by atoms with Gasteiger partial charge in [-0.25, -0.2) is 4.98 Å².